The summed E-state index contributed by atoms with van der Waals surface area (Å²) in [6, 6.07) is 0. The molecular weight excluding hydrogens is 296 g/mol. The van der Waals surface area contributed by atoms with Gasteiger partial charge in [-0.2, -0.15) is 0 Å². The standard InChI is InChI=1S/C12H20N4O2S2/c1-5-12(3,6-2)15-20(17,18)10-9(13-4)14-11-16(10)7-8-19-11/h7-8,13,15H,5-6H2,1-4H3. The fourth-order valence-electron chi connectivity index (χ4n) is 1.95. The van der Waals surface area contributed by atoms with Gasteiger partial charge in [0.05, 0.1) is 0 Å². The van der Waals surface area contributed by atoms with E-state index in [-0.39, 0.29) is 5.03 Å². The second-order valence-electron chi connectivity index (χ2n) is 4.94. The highest BCUT2D eigenvalue weighted by Crippen LogP contribution is 2.27. The first-order valence-electron chi connectivity index (χ1n) is 6.54. The summed E-state index contributed by atoms with van der Waals surface area (Å²) in [6.45, 7) is 5.86. The minimum atomic E-state index is -3.64. The molecule has 0 amide bonds. The largest absolute Gasteiger partial charge is 0.371 e. The minimum Gasteiger partial charge on any atom is -0.371 e. The van der Waals surface area contributed by atoms with Crippen molar-refractivity contribution in [1.82, 2.24) is 14.1 Å². The molecule has 0 atom stereocenters. The van der Waals surface area contributed by atoms with E-state index >= 15 is 0 Å². The lowest BCUT2D eigenvalue weighted by molar-refractivity contribution is 0.388. The van der Waals surface area contributed by atoms with Gasteiger partial charge in [0.1, 0.15) is 0 Å². The predicted molar refractivity (Wildman–Crippen MR) is 81.9 cm³/mol. The smallest absolute Gasteiger partial charge is 0.260 e. The van der Waals surface area contributed by atoms with Gasteiger partial charge in [0, 0.05) is 24.2 Å². The summed E-state index contributed by atoms with van der Waals surface area (Å²) < 4.78 is 29.8. The summed E-state index contributed by atoms with van der Waals surface area (Å²) in [5.41, 5.74) is -0.454. The SMILES string of the molecule is CCC(C)(CC)NS(=O)(=O)c1c(NC)nc2sccn12. The van der Waals surface area contributed by atoms with Gasteiger partial charge in [-0.15, -0.1) is 11.3 Å². The average Bonchev–Trinajstić information content (AvgIpc) is 2.97. The van der Waals surface area contributed by atoms with Crippen LogP contribution in [0.15, 0.2) is 16.6 Å². The number of hydrogen-bond donors (Lipinski definition) is 2. The van der Waals surface area contributed by atoms with E-state index < -0.39 is 15.6 Å². The van der Waals surface area contributed by atoms with Crippen molar-refractivity contribution < 1.29 is 8.42 Å². The molecule has 0 aliphatic heterocycles. The third-order valence-corrected chi connectivity index (χ3v) is 6.07. The summed E-state index contributed by atoms with van der Waals surface area (Å²) in [7, 11) is -1.97. The lowest BCUT2D eigenvalue weighted by Gasteiger charge is -2.27. The Morgan fingerprint density at radius 3 is 2.60 bits per heavy atom. The fraction of sp³-hybridized carbons (Fsp3) is 0.583. The zero-order chi connectivity index (χ0) is 15.0. The van der Waals surface area contributed by atoms with Gasteiger partial charge in [-0.05, 0) is 19.8 Å². The summed E-state index contributed by atoms with van der Waals surface area (Å²) >= 11 is 1.40. The van der Waals surface area contributed by atoms with Crippen LogP contribution in [0, 0.1) is 0 Å². The third-order valence-electron chi connectivity index (χ3n) is 3.65. The number of anilines is 1. The van der Waals surface area contributed by atoms with Crippen LogP contribution < -0.4 is 10.0 Å². The lowest BCUT2D eigenvalue weighted by Crippen LogP contribution is -2.45. The van der Waals surface area contributed by atoms with Gasteiger partial charge >= 0.3 is 0 Å². The molecule has 0 saturated heterocycles. The van der Waals surface area contributed by atoms with Gasteiger partial charge in [0.2, 0.25) is 0 Å². The topological polar surface area (TPSA) is 75.5 Å². The molecule has 2 N–H and O–H groups in total. The molecule has 2 rings (SSSR count). The maximum absolute atomic E-state index is 12.7. The summed E-state index contributed by atoms with van der Waals surface area (Å²) in [6.07, 6.45) is 3.17. The molecule has 0 radical (unpaired) electrons. The fourth-order valence-corrected chi connectivity index (χ4v) is 4.57. The number of aromatic nitrogens is 2. The Kier molecular flexibility index (Phi) is 4.08. The normalized spacial score (nSPS) is 13.0. The van der Waals surface area contributed by atoms with Gasteiger partial charge in [-0.3, -0.25) is 4.40 Å². The van der Waals surface area contributed by atoms with Crippen LogP contribution in [-0.4, -0.2) is 30.4 Å². The Hall–Kier alpha value is -1.12. The Morgan fingerprint density at radius 1 is 1.40 bits per heavy atom. The highest BCUT2D eigenvalue weighted by molar-refractivity contribution is 7.89. The van der Waals surface area contributed by atoms with Crippen molar-refractivity contribution in [3.05, 3.63) is 11.6 Å². The molecular formula is C12H20N4O2S2. The van der Waals surface area contributed by atoms with Gasteiger partial charge in [0.15, 0.2) is 15.8 Å². The van der Waals surface area contributed by atoms with E-state index in [0.29, 0.717) is 10.8 Å². The van der Waals surface area contributed by atoms with E-state index in [1.54, 1.807) is 17.6 Å². The van der Waals surface area contributed by atoms with Crippen molar-refractivity contribution >= 4 is 32.1 Å². The quantitative estimate of drug-likeness (QED) is 0.857. The molecule has 6 nitrogen and oxygen atoms in total. The van der Waals surface area contributed by atoms with Crippen molar-refractivity contribution in [2.45, 2.75) is 44.2 Å². The first kappa shape index (κ1) is 15.3. The maximum Gasteiger partial charge on any atom is 0.260 e. The number of nitrogens with one attached hydrogen (secondary N) is 2. The number of rotatable bonds is 6. The van der Waals surface area contributed by atoms with E-state index in [2.05, 4.69) is 15.0 Å². The van der Waals surface area contributed by atoms with E-state index in [1.807, 2.05) is 26.2 Å². The molecule has 2 aromatic rings. The monoisotopic (exact) mass is 316 g/mol. The highest BCUT2D eigenvalue weighted by Gasteiger charge is 2.32. The summed E-state index contributed by atoms with van der Waals surface area (Å²) in [5.74, 6) is 0.374. The average molecular weight is 316 g/mol. The van der Waals surface area contributed by atoms with Crippen molar-refractivity contribution in [2.75, 3.05) is 12.4 Å². The molecule has 0 aliphatic carbocycles. The highest BCUT2D eigenvalue weighted by atomic mass is 32.2. The summed E-state index contributed by atoms with van der Waals surface area (Å²) in [5, 5.41) is 4.84. The Labute approximate surface area is 123 Å². The van der Waals surface area contributed by atoms with Crippen LogP contribution in [0.3, 0.4) is 0 Å². The molecule has 0 unspecified atom stereocenters. The second-order valence-corrected chi connectivity index (χ2v) is 7.42. The van der Waals surface area contributed by atoms with Crippen LogP contribution in [0.4, 0.5) is 5.82 Å². The number of nitrogens with zero attached hydrogens (tertiary/aromatic N) is 2. The molecule has 0 bridgehead atoms. The van der Waals surface area contributed by atoms with Gasteiger partial charge in [-0.25, -0.2) is 18.1 Å². The molecule has 8 heteroatoms. The summed E-state index contributed by atoms with van der Waals surface area (Å²) in [4.78, 5) is 4.95. The van der Waals surface area contributed by atoms with Gasteiger partial charge in [-0.1, -0.05) is 13.8 Å². The van der Waals surface area contributed by atoms with Crippen LogP contribution >= 0.6 is 11.3 Å². The number of imidazole rings is 1. The number of hydrogen-bond acceptors (Lipinski definition) is 5. The van der Waals surface area contributed by atoms with Gasteiger partial charge in [0.25, 0.3) is 10.0 Å². The van der Waals surface area contributed by atoms with E-state index in [0.717, 1.165) is 12.8 Å². The molecule has 0 aromatic carbocycles. The van der Waals surface area contributed by atoms with Crippen LogP contribution in [0.1, 0.15) is 33.6 Å². The van der Waals surface area contributed by atoms with Crippen molar-refractivity contribution in [1.29, 1.82) is 0 Å². The zero-order valence-electron chi connectivity index (χ0n) is 12.1. The molecule has 0 fully saturated rings. The van der Waals surface area contributed by atoms with Crippen LogP contribution in [0.2, 0.25) is 0 Å². The minimum absolute atomic E-state index is 0.171. The number of thiazole rings is 1. The van der Waals surface area contributed by atoms with E-state index in [1.165, 1.54) is 11.3 Å². The second kappa shape index (κ2) is 5.34. The Balaban J connectivity index is 2.54. The number of sulfonamides is 1. The lowest BCUT2D eigenvalue weighted by atomic mass is 9.98. The molecule has 20 heavy (non-hydrogen) atoms. The molecule has 2 heterocycles. The third kappa shape index (κ3) is 2.55. The number of fused-ring (bicyclic) bond motifs is 1. The van der Waals surface area contributed by atoms with Crippen LogP contribution in [-0.2, 0) is 10.0 Å². The molecule has 0 aliphatic rings. The van der Waals surface area contributed by atoms with E-state index in [4.69, 9.17) is 0 Å². The first-order chi connectivity index (χ1) is 9.37. The predicted octanol–water partition coefficient (Wildman–Crippen LogP) is 2.29. The molecule has 112 valence electrons. The Bertz CT molecular complexity index is 698. The van der Waals surface area contributed by atoms with Crippen LogP contribution in [0.5, 0.6) is 0 Å². The Morgan fingerprint density at radius 2 is 2.05 bits per heavy atom. The van der Waals surface area contributed by atoms with E-state index in [9.17, 15) is 8.42 Å². The molecule has 0 saturated carbocycles. The van der Waals surface area contributed by atoms with Gasteiger partial charge < -0.3 is 5.32 Å². The van der Waals surface area contributed by atoms with Crippen molar-refractivity contribution in [2.24, 2.45) is 0 Å². The molecule has 2 aromatic heterocycles. The van der Waals surface area contributed by atoms with Crippen LogP contribution in [0.25, 0.3) is 4.96 Å². The first-order valence-corrected chi connectivity index (χ1v) is 8.90. The van der Waals surface area contributed by atoms with Crippen molar-refractivity contribution in [3.8, 4) is 0 Å². The zero-order valence-corrected chi connectivity index (χ0v) is 13.7. The van der Waals surface area contributed by atoms with Crippen molar-refractivity contribution in [3.63, 3.8) is 0 Å². The maximum atomic E-state index is 12.7. The molecule has 0 spiro atoms.